The van der Waals surface area contributed by atoms with E-state index in [0.717, 1.165) is 12.2 Å². The average molecular weight is 223 g/mol. The maximum Gasteiger partial charge on any atom is 0.235 e. The molecule has 5 heteroatoms. The zero-order chi connectivity index (χ0) is 12.8. The van der Waals surface area contributed by atoms with Crippen LogP contribution in [-0.2, 0) is 14.4 Å². The number of aliphatic hydroxyl groups is 1. The Morgan fingerprint density at radius 1 is 1.50 bits per heavy atom. The molecule has 0 aromatic carbocycles. The van der Waals surface area contributed by atoms with Crippen molar-refractivity contribution in [3.63, 3.8) is 0 Å². The lowest BCUT2D eigenvalue weighted by molar-refractivity contribution is -0.139. The molecule has 16 heavy (non-hydrogen) atoms. The van der Waals surface area contributed by atoms with Crippen LogP contribution in [-0.4, -0.2) is 34.4 Å². The highest BCUT2D eigenvalue weighted by Gasteiger charge is 2.41. The van der Waals surface area contributed by atoms with Gasteiger partial charge >= 0.3 is 0 Å². The van der Waals surface area contributed by atoms with E-state index >= 15 is 0 Å². The molecule has 2 unspecified atom stereocenters. The lowest BCUT2D eigenvalue weighted by Gasteiger charge is -2.27. The Kier molecular flexibility index (Phi) is 5.22. The Morgan fingerprint density at radius 2 is 2.06 bits per heavy atom. The van der Waals surface area contributed by atoms with Gasteiger partial charge in [-0.05, 0) is 19.1 Å². The Bertz CT molecular complexity index is 368. The lowest BCUT2D eigenvalue weighted by atomic mass is 9.85. The molecule has 2 atom stereocenters. The van der Waals surface area contributed by atoms with E-state index < -0.39 is 29.6 Å². The molecule has 5 nitrogen and oxygen atoms in total. The van der Waals surface area contributed by atoms with Crippen molar-refractivity contribution in [2.45, 2.75) is 25.0 Å². The second-order valence-corrected chi connectivity index (χ2v) is 3.24. The van der Waals surface area contributed by atoms with Crippen molar-refractivity contribution in [3.8, 4) is 0 Å². The summed E-state index contributed by atoms with van der Waals surface area (Å²) in [6, 6.07) is -1.07. The second kappa shape index (κ2) is 5.90. The van der Waals surface area contributed by atoms with Gasteiger partial charge < -0.3 is 5.11 Å². The Morgan fingerprint density at radius 3 is 2.44 bits per heavy atom. The number of carbonyl (C=O) groups is 2. The van der Waals surface area contributed by atoms with Gasteiger partial charge in [0.2, 0.25) is 6.08 Å². The number of isocyanates is 1. The van der Waals surface area contributed by atoms with Crippen molar-refractivity contribution in [2.24, 2.45) is 4.99 Å². The first-order chi connectivity index (χ1) is 7.42. The molecule has 86 valence electrons. The fraction of sp³-hybridized carbons (Fsp3) is 0.364. The molecule has 1 N–H and O–H groups in total. The minimum Gasteiger partial charge on any atom is -0.379 e. The summed E-state index contributed by atoms with van der Waals surface area (Å²) in [5.74, 6) is -1.29. The standard InChI is InChI=1S/C11H13NO4/c1-4-9(14)6-11(16,10(15)5-2)8(3)12-7-13/h4-5,8,16H,1-2,6H2,3H3. The van der Waals surface area contributed by atoms with E-state index in [2.05, 4.69) is 18.2 Å². The molecular formula is C11H13NO4. The fourth-order valence-corrected chi connectivity index (χ4v) is 1.14. The van der Waals surface area contributed by atoms with Crippen LogP contribution in [0.4, 0.5) is 0 Å². The van der Waals surface area contributed by atoms with Crippen LogP contribution in [0.25, 0.3) is 0 Å². The molecule has 0 aliphatic heterocycles. The predicted molar refractivity (Wildman–Crippen MR) is 57.6 cm³/mol. The van der Waals surface area contributed by atoms with E-state index in [0.29, 0.717) is 0 Å². The van der Waals surface area contributed by atoms with Crippen molar-refractivity contribution in [3.05, 3.63) is 25.3 Å². The summed E-state index contributed by atoms with van der Waals surface area (Å²) in [5.41, 5.74) is -2.07. The molecule has 0 radical (unpaired) electrons. The quantitative estimate of drug-likeness (QED) is 0.383. The second-order valence-electron chi connectivity index (χ2n) is 3.24. The van der Waals surface area contributed by atoms with Crippen LogP contribution < -0.4 is 0 Å². The van der Waals surface area contributed by atoms with Crippen molar-refractivity contribution < 1.29 is 19.5 Å². The van der Waals surface area contributed by atoms with Gasteiger partial charge in [0.1, 0.15) is 0 Å². The van der Waals surface area contributed by atoms with Crippen LogP contribution in [0.15, 0.2) is 30.3 Å². The van der Waals surface area contributed by atoms with E-state index in [-0.39, 0.29) is 0 Å². The molecule has 0 aliphatic carbocycles. The van der Waals surface area contributed by atoms with Gasteiger partial charge in [0, 0.05) is 6.42 Å². The molecule has 0 saturated heterocycles. The van der Waals surface area contributed by atoms with Gasteiger partial charge in [0.15, 0.2) is 17.2 Å². The van der Waals surface area contributed by atoms with Crippen LogP contribution in [0, 0.1) is 0 Å². The van der Waals surface area contributed by atoms with E-state index in [1.54, 1.807) is 0 Å². The van der Waals surface area contributed by atoms with Crippen molar-refractivity contribution in [2.75, 3.05) is 0 Å². The highest BCUT2D eigenvalue weighted by molar-refractivity contribution is 6.02. The van der Waals surface area contributed by atoms with Gasteiger partial charge in [-0.25, -0.2) is 4.79 Å². The topological polar surface area (TPSA) is 83.8 Å². The number of hydrogen-bond donors (Lipinski definition) is 1. The Balaban J connectivity index is 5.24. The molecule has 0 rings (SSSR count). The van der Waals surface area contributed by atoms with Crippen LogP contribution in [0.2, 0.25) is 0 Å². The Hall–Kier alpha value is -1.84. The minimum atomic E-state index is -2.07. The Labute approximate surface area is 93.2 Å². The summed E-state index contributed by atoms with van der Waals surface area (Å²) in [6.45, 7) is 7.78. The SMILES string of the molecule is C=CC(=O)CC(O)(C(=O)C=C)C(C)N=C=O. The van der Waals surface area contributed by atoms with Crippen molar-refractivity contribution in [1.29, 1.82) is 0 Å². The molecule has 0 aromatic heterocycles. The molecule has 0 spiro atoms. The summed E-state index contributed by atoms with van der Waals surface area (Å²) >= 11 is 0. The van der Waals surface area contributed by atoms with Gasteiger partial charge in [-0.1, -0.05) is 13.2 Å². The summed E-state index contributed by atoms with van der Waals surface area (Å²) < 4.78 is 0. The van der Waals surface area contributed by atoms with Gasteiger partial charge in [-0.2, -0.15) is 4.99 Å². The summed E-state index contributed by atoms with van der Waals surface area (Å²) in [7, 11) is 0. The third-order valence-corrected chi connectivity index (χ3v) is 2.22. The number of allylic oxidation sites excluding steroid dienone is 1. The maximum absolute atomic E-state index is 11.5. The molecule has 0 bridgehead atoms. The van der Waals surface area contributed by atoms with E-state index in [1.807, 2.05) is 0 Å². The molecule has 0 aromatic rings. The molecule has 0 amide bonds. The van der Waals surface area contributed by atoms with Gasteiger partial charge in [-0.15, -0.1) is 0 Å². The largest absolute Gasteiger partial charge is 0.379 e. The molecule has 0 fully saturated rings. The number of rotatable bonds is 7. The van der Waals surface area contributed by atoms with Gasteiger partial charge in [0.25, 0.3) is 0 Å². The fourth-order valence-electron chi connectivity index (χ4n) is 1.14. The van der Waals surface area contributed by atoms with Crippen LogP contribution in [0.5, 0.6) is 0 Å². The predicted octanol–water partition coefficient (Wildman–Crippen LogP) is 0.342. The molecular weight excluding hydrogens is 210 g/mol. The smallest absolute Gasteiger partial charge is 0.235 e. The van der Waals surface area contributed by atoms with Crippen LogP contribution in [0.3, 0.4) is 0 Å². The zero-order valence-electron chi connectivity index (χ0n) is 8.97. The molecule has 0 aliphatic rings. The summed E-state index contributed by atoms with van der Waals surface area (Å²) in [6.07, 6.45) is 2.61. The first kappa shape index (κ1) is 14.2. The average Bonchev–Trinajstić information content (AvgIpc) is 2.27. The number of hydrogen-bond acceptors (Lipinski definition) is 5. The molecule has 0 saturated carbocycles. The summed E-state index contributed by atoms with van der Waals surface area (Å²) in [5, 5.41) is 10.0. The van der Waals surface area contributed by atoms with E-state index in [9.17, 15) is 19.5 Å². The van der Waals surface area contributed by atoms with Crippen molar-refractivity contribution >= 4 is 17.6 Å². The number of aliphatic imine (C=N–C) groups is 1. The molecule has 0 heterocycles. The third kappa shape index (κ3) is 3.08. The first-order valence-corrected chi connectivity index (χ1v) is 4.53. The number of carbonyl (C=O) groups excluding carboxylic acids is 3. The monoisotopic (exact) mass is 223 g/mol. The maximum atomic E-state index is 11.5. The van der Waals surface area contributed by atoms with Gasteiger partial charge in [-0.3, -0.25) is 9.59 Å². The van der Waals surface area contributed by atoms with Crippen LogP contribution in [0.1, 0.15) is 13.3 Å². The zero-order valence-corrected chi connectivity index (χ0v) is 8.97. The number of nitrogens with zero attached hydrogens (tertiary/aromatic N) is 1. The highest BCUT2D eigenvalue weighted by Crippen LogP contribution is 2.21. The van der Waals surface area contributed by atoms with E-state index in [1.165, 1.54) is 13.0 Å². The van der Waals surface area contributed by atoms with Crippen molar-refractivity contribution in [1.82, 2.24) is 0 Å². The highest BCUT2D eigenvalue weighted by atomic mass is 16.3. The van der Waals surface area contributed by atoms with Gasteiger partial charge in [0.05, 0.1) is 6.04 Å². The lowest BCUT2D eigenvalue weighted by Crippen LogP contribution is -2.48. The normalized spacial score (nSPS) is 15.1. The number of ketones is 2. The summed E-state index contributed by atoms with van der Waals surface area (Å²) in [4.78, 5) is 35.9. The minimum absolute atomic E-state index is 0.492. The van der Waals surface area contributed by atoms with Crippen LogP contribution >= 0.6 is 0 Å². The first-order valence-electron chi connectivity index (χ1n) is 4.53. The van der Waals surface area contributed by atoms with E-state index in [4.69, 9.17) is 0 Å². The third-order valence-electron chi connectivity index (χ3n) is 2.22.